The van der Waals surface area contributed by atoms with Gasteiger partial charge in [0.05, 0.1) is 0 Å². The fourth-order valence-corrected chi connectivity index (χ4v) is 1.41. The summed E-state index contributed by atoms with van der Waals surface area (Å²) in [5.74, 6) is -0.853. The molecule has 0 aromatic carbocycles. The first-order valence-corrected chi connectivity index (χ1v) is 6.21. The van der Waals surface area contributed by atoms with Crippen LogP contribution in [-0.4, -0.2) is 23.8 Å². The van der Waals surface area contributed by atoms with Gasteiger partial charge in [-0.05, 0) is 32.1 Å². The van der Waals surface area contributed by atoms with Crippen LogP contribution >= 0.6 is 0 Å². The quantitative estimate of drug-likeness (QED) is 0.460. The molecule has 1 atom stereocenters. The number of carboxylic acid groups (broad SMARTS) is 1. The maximum atomic E-state index is 10.6. The van der Waals surface area contributed by atoms with E-state index < -0.39 is 12.1 Å². The smallest absolute Gasteiger partial charge is 0.332 e. The molecule has 0 rings (SSSR count). The second-order valence-electron chi connectivity index (χ2n) is 3.83. The molecule has 1 unspecified atom stereocenters. The van der Waals surface area contributed by atoms with Crippen molar-refractivity contribution in [3.05, 3.63) is 12.2 Å². The molecule has 0 saturated heterocycles. The fourth-order valence-electron chi connectivity index (χ4n) is 1.41. The van der Waals surface area contributed by atoms with E-state index in [0.717, 1.165) is 32.1 Å². The summed E-state index contributed by atoms with van der Waals surface area (Å²) in [5, 5.41) is 8.74. The summed E-state index contributed by atoms with van der Waals surface area (Å²) in [4.78, 5) is 10.6. The number of hydrogen-bond donors (Lipinski definition) is 1. The zero-order chi connectivity index (χ0) is 12.2. The third-order valence-electron chi connectivity index (χ3n) is 2.38. The first kappa shape index (κ1) is 15.2. The summed E-state index contributed by atoms with van der Waals surface area (Å²) in [7, 11) is 0. The van der Waals surface area contributed by atoms with Crippen molar-refractivity contribution in [3.63, 3.8) is 0 Å². The average Bonchev–Trinajstić information content (AvgIpc) is 2.26. The van der Waals surface area contributed by atoms with Gasteiger partial charge in [-0.15, -0.1) is 0 Å². The molecule has 0 fully saturated rings. The first-order chi connectivity index (χ1) is 7.72. The fraction of sp³-hybridized carbons (Fsp3) is 0.769. The van der Waals surface area contributed by atoms with Gasteiger partial charge in [0.25, 0.3) is 0 Å². The Labute approximate surface area is 98.5 Å². The monoisotopic (exact) mass is 228 g/mol. The van der Waals surface area contributed by atoms with Gasteiger partial charge in [-0.3, -0.25) is 0 Å². The van der Waals surface area contributed by atoms with Crippen molar-refractivity contribution in [3.8, 4) is 0 Å². The van der Waals surface area contributed by atoms with Crippen molar-refractivity contribution >= 4 is 5.97 Å². The number of ether oxygens (including phenoxy) is 1. The highest BCUT2D eigenvalue weighted by atomic mass is 16.5. The molecule has 3 nitrogen and oxygen atoms in total. The predicted molar refractivity (Wildman–Crippen MR) is 65.6 cm³/mol. The van der Waals surface area contributed by atoms with Gasteiger partial charge in [-0.25, -0.2) is 4.79 Å². The minimum Gasteiger partial charge on any atom is -0.479 e. The molecule has 0 aliphatic carbocycles. The highest BCUT2D eigenvalue weighted by Gasteiger charge is 2.14. The Hall–Kier alpha value is -0.830. The molecule has 3 heteroatoms. The molecule has 94 valence electrons. The molecule has 1 N–H and O–H groups in total. The average molecular weight is 228 g/mol. The van der Waals surface area contributed by atoms with E-state index in [9.17, 15) is 4.79 Å². The van der Waals surface area contributed by atoms with Crippen LogP contribution in [0.25, 0.3) is 0 Å². The van der Waals surface area contributed by atoms with Crippen LogP contribution in [0.5, 0.6) is 0 Å². The number of rotatable bonds is 10. The zero-order valence-electron chi connectivity index (χ0n) is 10.4. The van der Waals surface area contributed by atoms with Crippen LogP contribution in [0.2, 0.25) is 0 Å². The maximum Gasteiger partial charge on any atom is 0.332 e. The van der Waals surface area contributed by atoms with Gasteiger partial charge in [0.2, 0.25) is 0 Å². The molecule has 0 aliphatic heterocycles. The Balaban J connectivity index is 3.32. The number of unbranched alkanes of at least 4 members (excludes halogenated alkanes) is 3. The van der Waals surface area contributed by atoms with Crippen LogP contribution in [0.15, 0.2) is 12.2 Å². The summed E-state index contributed by atoms with van der Waals surface area (Å²) < 4.78 is 5.26. The minimum absolute atomic E-state index is 0.536. The van der Waals surface area contributed by atoms with Gasteiger partial charge in [-0.2, -0.15) is 0 Å². The summed E-state index contributed by atoms with van der Waals surface area (Å²) in [5.41, 5.74) is 0. The molecule has 0 bridgehead atoms. The topological polar surface area (TPSA) is 46.5 Å². The third-order valence-corrected chi connectivity index (χ3v) is 2.38. The molecular weight excluding hydrogens is 204 g/mol. The van der Waals surface area contributed by atoms with E-state index in [1.165, 1.54) is 0 Å². The van der Waals surface area contributed by atoms with Crippen molar-refractivity contribution < 1.29 is 14.6 Å². The van der Waals surface area contributed by atoms with Crippen LogP contribution < -0.4 is 0 Å². The number of carboxylic acids is 1. The van der Waals surface area contributed by atoms with Gasteiger partial charge in [0, 0.05) is 6.61 Å². The van der Waals surface area contributed by atoms with E-state index in [0.29, 0.717) is 13.0 Å². The van der Waals surface area contributed by atoms with E-state index in [1.807, 2.05) is 6.92 Å². The van der Waals surface area contributed by atoms with Crippen LogP contribution in [0.1, 0.15) is 52.4 Å². The Morgan fingerprint density at radius 2 is 2.00 bits per heavy atom. The molecule has 0 aliphatic rings. The van der Waals surface area contributed by atoms with E-state index in [-0.39, 0.29) is 0 Å². The molecule has 0 amide bonds. The van der Waals surface area contributed by atoms with Gasteiger partial charge < -0.3 is 9.84 Å². The van der Waals surface area contributed by atoms with Gasteiger partial charge >= 0.3 is 5.97 Å². The molecule has 0 saturated carbocycles. The lowest BCUT2D eigenvalue weighted by Crippen LogP contribution is -2.23. The molecule has 0 spiro atoms. The van der Waals surface area contributed by atoms with E-state index in [1.54, 1.807) is 0 Å². The Kier molecular flexibility index (Phi) is 10.1. The number of hydrogen-bond acceptors (Lipinski definition) is 2. The highest BCUT2D eigenvalue weighted by molar-refractivity contribution is 5.72. The van der Waals surface area contributed by atoms with Crippen LogP contribution in [0.4, 0.5) is 0 Å². The van der Waals surface area contributed by atoms with E-state index in [2.05, 4.69) is 19.1 Å². The second kappa shape index (κ2) is 10.7. The van der Waals surface area contributed by atoms with Crippen molar-refractivity contribution in [2.24, 2.45) is 0 Å². The lowest BCUT2D eigenvalue weighted by molar-refractivity contribution is -0.150. The van der Waals surface area contributed by atoms with Crippen LogP contribution in [-0.2, 0) is 9.53 Å². The normalized spacial score (nSPS) is 13.1. The van der Waals surface area contributed by atoms with Gasteiger partial charge in [0.15, 0.2) is 6.10 Å². The molecule has 16 heavy (non-hydrogen) atoms. The molecular formula is C13H24O3. The minimum atomic E-state index is -0.853. The molecule has 0 heterocycles. The molecule has 0 aromatic heterocycles. The van der Waals surface area contributed by atoms with Crippen LogP contribution in [0, 0.1) is 0 Å². The first-order valence-electron chi connectivity index (χ1n) is 6.21. The maximum absolute atomic E-state index is 10.6. The summed E-state index contributed by atoms with van der Waals surface area (Å²) in [6.07, 6.45) is 9.71. The van der Waals surface area contributed by atoms with Crippen molar-refractivity contribution in [2.45, 2.75) is 58.5 Å². The Morgan fingerprint density at radius 1 is 1.25 bits per heavy atom. The largest absolute Gasteiger partial charge is 0.479 e. The lowest BCUT2D eigenvalue weighted by atomic mass is 10.2. The Morgan fingerprint density at radius 3 is 2.56 bits per heavy atom. The van der Waals surface area contributed by atoms with Crippen molar-refractivity contribution in [1.82, 2.24) is 0 Å². The SMILES string of the molecule is CC/C=C\CCCCCOC(CC)C(=O)O. The number of allylic oxidation sites excluding steroid dienone is 2. The van der Waals surface area contributed by atoms with E-state index in [4.69, 9.17) is 9.84 Å². The predicted octanol–water partition coefficient (Wildman–Crippen LogP) is 3.39. The van der Waals surface area contributed by atoms with E-state index >= 15 is 0 Å². The Bertz CT molecular complexity index is 199. The zero-order valence-corrected chi connectivity index (χ0v) is 10.4. The van der Waals surface area contributed by atoms with Crippen molar-refractivity contribution in [1.29, 1.82) is 0 Å². The summed E-state index contributed by atoms with van der Waals surface area (Å²) >= 11 is 0. The number of carbonyl (C=O) groups is 1. The second-order valence-corrected chi connectivity index (χ2v) is 3.83. The number of aliphatic carboxylic acids is 1. The van der Waals surface area contributed by atoms with Gasteiger partial charge in [-0.1, -0.05) is 32.4 Å². The lowest BCUT2D eigenvalue weighted by Gasteiger charge is -2.10. The standard InChI is InChI=1S/C13H24O3/c1-3-5-6-7-8-9-10-11-16-12(4-2)13(14)15/h5-6,12H,3-4,7-11H2,1-2H3,(H,14,15)/b6-5-. The summed E-state index contributed by atoms with van der Waals surface area (Å²) in [6, 6.07) is 0. The highest BCUT2D eigenvalue weighted by Crippen LogP contribution is 2.04. The third kappa shape index (κ3) is 8.48. The summed E-state index contributed by atoms with van der Waals surface area (Å²) in [6.45, 7) is 4.51. The van der Waals surface area contributed by atoms with Crippen molar-refractivity contribution in [2.75, 3.05) is 6.61 Å². The molecule has 0 aromatic rings. The van der Waals surface area contributed by atoms with Gasteiger partial charge in [0.1, 0.15) is 0 Å². The molecule has 0 radical (unpaired) electrons. The van der Waals surface area contributed by atoms with Crippen LogP contribution in [0.3, 0.4) is 0 Å².